The molecule has 0 amide bonds. The lowest BCUT2D eigenvalue weighted by Crippen LogP contribution is -2.05. The van der Waals surface area contributed by atoms with E-state index in [4.69, 9.17) is 22.3 Å². The molecule has 0 aliphatic heterocycles. The highest BCUT2D eigenvalue weighted by atomic mass is 15.1. The Morgan fingerprint density at radius 3 is 2.80 bits per heavy atom. The van der Waals surface area contributed by atoms with E-state index in [0.717, 1.165) is 5.69 Å². The summed E-state index contributed by atoms with van der Waals surface area (Å²) in [5, 5.41) is 18.0. The Hall–Kier alpha value is -2.96. The number of nitrogens with two attached hydrogens (primary N) is 2. The van der Waals surface area contributed by atoms with E-state index in [1.807, 2.05) is 0 Å². The second-order valence-electron chi connectivity index (χ2n) is 4.11. The molecule has 0 atom stereocenters. The van der Waals surface area contributed by atoms with Crippen molar-refractivity contribution < 1.29 is 0 Å². The maximum Gasteiger partial charge on any atom is 0.221 e. The molecule has 1 aromatic carbocycles. The summed E-state index contributed by atoms with van der Waals surface area (Å²) in [6, 6.07) is 6.93. The number of hydrogen-bond donors (Lipinski definition) is 5. The van der Waals surface area contributed by atoms with Gasteiger partial charge in [0.2, 0.25) is 5.95 Å². The van der Waals surface area contributed by atoms with Crippen LogP contribution in [0.15, 0.2) is 30.5 Å². The van der Waals surface area contributed by atoms with Crippen LogP contribution >= 0.6 is 0 Å². The Kier molecular flexibility index (Phi) is 3.90. The van der Waals surface area contributed by atoms with Gasteiger partial charge in [-0.15, -0.1) is 0 Å². The third-order valence-electron chi connectivity index (χ3n) is 2.63. The van der Waals surface area contributed by atoms with Crippen LogP contribution in [0.25, 0.3) is 0 Å². The summed E-state index contributed by atoms with van der Waals surface area (Å²) < 4.78 is 0. The molecule has 0 aliphatic carbocycles. The van der Waals surface area contributed by atoms with Crippen molar-refractivity contribution in [1.29, 1.82) is 10.8 Å². The lowest BCUT2D eigenvalue weighted by atomic mass is 10.0. The zero-order chi connectivity index (χ0) is 14.5. The van der Waals surface area contributed by atoms with Gasteiger partial charge in [-0.3, -0.25) is 0 Å². The van der Waals surface area contributed by atoms with Crippen LogP contribution in [0.3, 0.4) is 0 Å². The van der Waals surface area contributed by atoms with Gasteiger partial charge in [-0.05, 0) is 24.3 Å². The molecule has 0 unspecified atom stereocenters. The molecule has 102 valence electrons. The summed E-state index contributed by atoms with van der Waals surface area (Å²) in [5.74, 6) is 0.744. The molecule has 0 saturated heterocycles. The molecular formula is C13H15N7. The standard InChI is InChI=1S/C13H15N7/c14-5-3-11(16)9-7-8(1-2-10(9)15)19-12-4-6-18-13(17)20-12/h1-2,4-7,14,16H,3,15H2,(H3,17,18,19,20). The van der Waals surface area contributed by atoms with Crippen LogP contribution in [0.4, 0.5) is 23.1 Å². The number of anilines is 4. The van der Waals surface area contributed by atoms with E-state index in [0.29, 0.717) is 22.8 Å². The third-order valence-corrected chi connectivity index (χ3v) is 2.63. The minimum Gasteiger partial charge on any atom is -0.398 e. The van der Waals surface area contributed by atoms with E-state index < -0.39 is 0 Å². The fourth-order valence-electron chi connectivity index (χ4n) is 1.70. The van der Waals surface area contributed by atoms with Crippen LogP contribution in [0.1, 0.15) is 12.0 Å². The highest BCUT2D eigenvalue weighted by Gasteiger charge is 2.07. The molecule has 0 fully saturated rings. The van der Waals surface area contributed by atoms with Crippen molar-refractivity contribution in [2.45, 2.75) is 6.42 Å². The first-order chi connectivity index (χ1) is 9.60. The summed E-state index contributed by atoms with van der Waals surface area (Å²) in [5.41, 5.74) is 13.5. The predicted octanol–water partition coefficient (Wildman–Crippen LogP) is 1.79. The summed E-state index contributed by atoms with van der Waals surface area (Å²) in [6.07, 6.45) is 2.97. The van der Waals surface area contributed by atoms with Crippen LogP contribution in [-0.2, 0) is 0 Å². The van der Waals surface area contributed by atoms with Crippen LogP contribution in [0.2, 0.25) is 0 Å². The number of aromatic nitrogens is 2. The summed E-state index contributed by atoms with van der Waals surface area (Å²) in [6.45, 7) is 0. The van der Waals surface area contributed by atoms with Crippen LogP contribution in [0.5, 0.6) is 0 Å². The Labute approximate surface area is 116 Å². The van der Waals surface area contributed by atoms with E-state index in [1.54, 1.807) is 30.5 Å². The zero-order valence-electron chi connectivity index (χ0n) is 10.7. The minimum atomic E-state index is 0.183. The second-order valence-corrected chi connectivity index (χ2v) is 4.11. The molecular weight excluding hydrogens is 254 g/mol. The molecule has 0 aliphatic rings. The Balaban J connectivity index is 2.27. The number of nitrogens with zero attached hydrogens (tertiary/aromatic N) is 2. The van der Waals surface area contributed by atoms with E-state index in [1.165, 1.54) is 6.21 Å². The predicted molar refractivity (Wildman–Crippen MR) is 80.8 cm³/mol. The van der Waals surface area contributed by atoms with Crippen LogP contribution in [0, 0.1) is 10.8 Å². The third kappa shape index (κ3) is 3.08. The molecule has 0 radical (unpaired) electrons. The quantitative estimate of drug-likeness (QED) is 0.416. The van der Waals surface area contributed by atoms with Gasteiger partial charge >= 0.3 is 0 Å². The Bertz CT molecular complexity index is 651. The number of benzene rings is 1. The smallest absolute Gasteiger partial charge is 0.221 e. The van der Waals surface area contributed by atoms with Crippen LogP contribution < -0.4 is 16.8 Å². The minimum absolute atomic E-state index is 0.183. The molecule has 0 spiro atoms. The van der Waals surface area contributed by atoms with Gasteiger partial charge in [0.05, 0.1) is 0 Å². The normalized spacial score (nSPS) is 10.0. The van der Waals surface area contributed by atoms with Gasteiger partial charge in [-0.1, -0.05) is 0 Å². The average molecular weight is 269 g/mol. The monoisotopic (exact) mass is 269 g/mol. The molecule has 1 aromatic heterocycles. The number of nitrogens with one attached hydrogen (secondary N) is 3. The lowest BCUT2D eigenvalue weighted by Gasteiger charge is -2.10. The molecule has 2 aromatic rings. The van der Waals surface area contributed by atoms with Crippen molar-refractivity contribution in [1.82, 2.24) is 9.97 Å². The van der Waals surface area contributed by atoms with Gasteiger partial charge < -0.3 is 27.6 Å². The molecule has 2 rings (SSSR count). The first-order valence-corrected chi connectivity index (χ1v) is 5.92. The fraction of sp³-hybridized carbons (Fsp3) is 0.0769. The van der Waals surface area contributed by atoms with Crippen molar-refractivity contribution in [3.05, 3.63) is 36.0 Å². The number of rotatable bonds is 5. The van der Waals surface area contributed by atoms with E-state index in [2.05, 4.69) is 15.3 Å². The van der Waals surface area contributed by atoms with E-state index >= 15 is 0 Å². The molecule has 0 bridgehead atoms. The second kappa shape index (κ2) is 5.79. The Morgan fingerprint density at radius 1 is 1.30 bits per heavy atom. The highest BCUT2D eigenvalue weighted by molar-refractivity contribution is 6.08. The first-order valence-electron chi connectivity index (χ1n) is 5.92. The topological polar surface area (TPSA) is 138 Å². The molecule has 20 heavy (non-hydrogen) atoms. The summed E-state index contributed by atoms with van der Waals surface area (Å²) in [7, 11) is 0. The number of nitrogen functional groups attached to an aromatic ring is 2. The molecule has 7 N–H and O–H groups in total. The van der Waals surface area contributed by atoms with E-state index in [-0.39, 0.29) is 12.4 Å². The van der Waals surface area contributed by atoms with E-state index in [9.17, 15) is 0 Å². The maximum absolute atomic E-state index is 7.88. The zero-order valence-corrected chi connectivity index (χ0v) is 10.7. The van der Waals surface area contributed by atoms with Gasteiger partial charge in [0.25, 0.3) is 0 Å². The lowest BCUT2D eigenvalue weighted by molar-refractivity contribution is 1.18. The van der Waals surface area contributed by atoms with Gasteiger partial charge in [0, 0.05) is 41.5 Å². The van der Waals surface area contributed by atoms with Crippen LogP contribution in [-0.4, -0.2) is 21.9 Å². The largest absolute Gasteiger partial charge is 0.398 e. The van der Waals surface area contributed by atoms with Gasteiger partial charge in [-0.2, -0.15) is 4.98 Å². The van der Waals surface area contributed by atoms with Crippen molar-refractivity contribution in [2.75, 3.05) is 16.8 Å². The fourth-order valence-corrected chi connectivity index (χ4v) is 1.70. The summed E-state index contributed by atoms with van der Waals surface area (Å²) >= 11 is 0. The molecule has 7 heteroatoms. The number of hydrogen-bond acceptors (Lipinski definition) is 7. The van der Waals surface area contributed by atoms with Crippen molar-refractivity contribution in [3.63, 3.8) is 0 Å². The molecule has 0 saturated carbocycles. The molecule has 7 nitrogen and oxygen atoms in total. The van der Waals surface area contributed by atoms with Crippen molar-refractivity contribution in [2.24, 2.45) is 0 Å². The SMILES string of the molecule is N=CCC(=N)c1cc(Nc2ccnc(N)n2)ccc1N. The van der Waals surface area contributed by atoms with Crippen molar-refractivity contribution >= 4 is 35.1 Å². The van der Waals surface area contributed by atoms with Crippen molar-refractivity contribution in [3.8, 4) is 0 Å². The van der Waals surface area contributed by atoms with Gasteiger partial charge in [-0.25, -0.2) is 4.98 Å². The summed E-state index contributed by atoms with van der Waals surface area (Å²) in [4.78, 5) is 7.85. The average Bonchev–Trinajstić information content (AvgIpc) is 2.41. The Morgan fingerprint density at radius 2 is 2.10 bits per heavy atom. The van der Waals surface area contributed by atoms with Gasteiger partial charge in [0.15, 0.2) is 0 Å². The molecule has 1 heterocycles. The van der Waals surface area contributed by atoms with Gasteiger partial charge in [0.1, 0.15) is 5.82 Å². The highest BCUT2D eigenvalue weighted by Crippen LogP contribution is 2.21. The maximum atomic E-state index is 7.88. The first kappa shape index (κ1) is 13.5.